The van der Waals surface area contributed by atoms with Crippen LogP contribution >= 0.6 is 11.3 Å². The third kappa shape index (κ3) is 5.04. The molecule has 57 heavy (non-hydrogen) atoms. The number of thiophene rings is 1. The summed E-state index contributed by atoms with van der Waals surface area (Å²) in [5.74, 6) is 1.90. The molecule has 5 nitrogen and oxygen atoms in total. The van der Waals surface area contributed by atoms with Crippen molar-refractivity contribution in [3.8, 4) is 51.0 Å². The first kappa shape index (κ1) is 31.9. The van der Waals surface area contributed by atoms with Crippen molar-refractivity contribution in [3.63, 3.8) is 0 Å². The monoisotopic (exact) mass is 746 g/mol. The lowest BCUT2D eigenvalue weighted by Gasteiger charge is -2.10. The summed E-state index contributed by atoms with van der Waals surface area (Å²) in [7, 11) is 0. The summed E-state index contributed by atoms with van der Waals surface area (Å²) >= 11 is 1.78. The van der Waals surface area contributed by atoms with Crippen LogP contribution in [0.5, 0.6) is 0 Å². The molecule has 0 amide bonds. The van der Waals surface area contributed by atoms with Gasteiger partial charge in [0.25, 0.3) is 0 Å². The number of nitrogens with zero attached hydrogens (tertiary/aromatic N) is 4. The van der Waals surface area contributed by atoms with Crippen LogP contribution in [0.2, 0.25) is 0 Å². The third-order valence-corrected chi connectivity index (χ3v) is 12.3. The number of hydrogen-bond donors (Lipinski definition) is 0. The third-order valence-electron chi connectivity index (χ3n) is 11.1. The van der Waals surface area contributed by atoms with E-state index in [1.165, 1.54) is 42.0 Å². The standard InChI is InChI=1S/C51H30N4OS/c1-3-13-31(14-4-1)49-52-50(54-51(53-49)39-21-11-20-38-37-18-8-10-24-46(37)57-48(38)39)33-26-28-44-41(30-33)47-35(19-12-23-45(47)56-44)32-25-27-43-40(29-32)36-17-7-9-22-42(36)55(43)34-15-5-2-6-16-34/h1-30H. The Labute approximate surface area is 330 Å². The van der Waals surface area contributed by atoms with Gasteiger partial charge in [-0.25, -0.2) is 15.0 Å². The van der Waals surface area contributed by atoms with E-state index >= 15 is 0 Å². The highest BCUT2D eigenvalue weighted by molar-refractivity contribution is 7.26. The fourth-order valence-electron chi connectivity index (χ4n) is 8.47. The highest BCUT2D eigenvalue weighted by atomic mass is 32.1. The maximum atomic E-state index is 6.53. The van der Waals surface area contributed by atoms with Crippen molar-refractivity contribution in [2.45, 2.75) is 0 Å². The molecule has 0 bridgehead atoms. The molecular formula is C51H30N4OS. The van der Waals surface area contributed by atoms with Crippen LogP contribution in [0, 0.1) is 0 Å². The molecule has 0 aliphatic carbocycles. The number of furan rings is 1. The second-order valence-electron chi connectivity index (χ2n) is 14.4. The zero-order chi connectivity index (χ0) is 37.5. The minimum absolute atomic E-state index is 0.612. The molecule has 0 atom stereocenters. The van der Waals surface area contributed by atoms with E-state index in [1.807, 2.05) is 24.3 Å². The molecule has 0 aliphatic heterocycles. The topological polar surface area (TPSA) is 56.7 Å². The number of fused-ring (bicyclic) bond motifs is 9. The summed E-state index contributed by atoms with van der Waals surface area (Å²) in [5.41, 5.74) is 10.2. The molecule has 12 rings (SSSR count). The molecule has 12 aromatic rings. The van der Waals surface area contributed by atoms with Gasteiger partial charge in [0.05, 0.1) is 11.0 Å². The molecule has 0 fully saturated rings. The Morgan fingerprint density at radius 2 is 1.05 bits per heavy atom. The van der Waals surface area contributed by atoms with E-state index in [4.69, 9.17) is 19.4 Å². The van der Waals surface area contributed by atoms with Crippen LogP contribution in [-0.2, 0) is 0 Å². The highest BCUT2D eigenvalue weighted by Gasteiger charge is 2.20. The number of hydrogen-bond acceptors (Lipinski definition) is 5. The van der Waals surface area contributed by atoms with Crippen molar-refractivity contribution in [2.75, 3.05) is 0 Å². The molecule has 0 spiro atoms. The fraction of sp³-hybridized carbons (Fsp3) is 0. The lowest BCUT2D eigenvalue weighted by Crippen LogP contribution is -2.00. The summed E-state index contributed by atoms with van der Waals surface area (Å²) in [4.78, 5) is 15.4. The lowest BCUT2D eigenvalue weighted by atomic mass is 9.97. The van der Waals surface area contributed by atoms with Gasteiger partial charge in [0.1, 0.15) is 11.2 Å². The first-order chi connectivity index (χ1) is 28.2. The van der Waals surface area contributed by atoms with Crippen molar-refractivity contribution in [1.82, 2.24) is 19.5 Å². The summed E-state index contributed by atoms with van der Waals surface area (Å²) in [6, 6.07) is 63.8. The Hall–Kier alpha value is -7.41. The predicted molar refractivity (Wildman–Crippen MR) is 236 cm³/mol. The molecule has 0 N–H and O–H groups in total. The maximum Gasteiger partial charge on any atom is 0.165 e. The normalized spacial score (nSPS) is 11.9. The Morgan fingerprint density at radius 3 is 1.93 bits per heavy atom. The smallest absolute Gasteiger partial charge is 0.165 e. The molecule has 8 aromatic carbocycles. The van der Waals surface area contributed by atoms with Crippen molar-refractivity contribution < 1.29 is 4.42 Å². The summed E-state index contributed by atoms with van der Waals surface area (Å²) < 4.78 is 11.3. The van der Waals surface area contributed by atoms with Crippen molar-refractivity contribution >= 4 is 75.3 Å². The average molecular weight is 747 g/mol. The quantitative estimate of drug-likeness (QED) is 0.176. The molecule has 4 heterocycles. The number of aromatic nitrogens is 4. The van der Waals surface area contributed by atoms with Crippen LogP contribution in [0.4, 0.5) is 0 Å². The highest BCUT2D eigenvalue weighted by Crippen LogP contribution is 2.42. The zero-order valence-corrected chi connectivity index (χ0v) is 31.2. The Morgan fingerprint density at radius 1 is 0.404 bits per heavy atom. The van der Waals surface area contributed by atoms with Gasteiger partial charge in [0, 0.05) is 64.1 Å². The van der Waals surface area contributed by atoms with E-state index in [0.29, 0.717) is 17.5 Å². The first-order valence-corrected chi connectivity index (χ1v) is 19.8. The lowest BCUT2D eigenvalue weighted by molar-refractivity contribution is 0.669. The van der Waals surface area contributed by atoms with Crippen molar-refractivity contribution in [3.05, 3.63) is 182 Å². The molecule has 266 valence electrons. The van der Waals surface area contributed by atoms with Crippen LogP contribution in [0.15, 0.2) is 186 Å². The van der Waals surface area contributed by atoms with Crippen molar-refractivity contribution in [2.24, 2.45) is 0 Å². The molecule has 0 unspecified atom stereocenters. The van der Waals surface area contributed by atoms with E-state index in [1.54, 1.807) is 11.3 Å². The van der Waals surface area contributed by atoms with Gasteiger partial charge in [-0.3, -0.25) is 0 Å². The van der Waals surface area contributed by atoms with Gasteiger partial charge in [0.2, 0.25) is 0 Å². The predicted octanol–water partition coefficient (Wildman–Crippen LogP) is 13.9. The van der Waals surface area contributed by atoms with Gasteiger partial charge in [-0.05, 0) is 77.9 Å². The van der Waals surface area contributed by atoms with Gasteiger partial charge in [-0.2, -0.15) is 0 Å². The summed E-state index contributed by atoms with van der Waals surface area (Å²) in [6.45, 7) is 0. The Balaban J connectivity index is 1.05. The van der Waals surface area contributed by atoms with Crippen LogP contribution < -0.4 is 0 Å². The molecule has 0 aliphatic rings. The van der Waals surface area contributed by atoms with Gasteiger partial charge in [-0.1, -0.05) is 115 Å². The zero-order valence-electron chi connectivity index (χ0n) is 30.4. The van der Waals surface area contributed by atoms with Crippen LogP contribution in [0.3, 0.4) is 0 Å². The molecule has 0 saturated heterocycles. The minimum Gasteiger partial charge on any atom is -0.456 e. The summed E-state index contributed by atoms with van der Waals surface area (Å²) in [6.07, 6.45) is 0. The maximum absolute atomic E-state index is 6.53. The molecule has 4 aromatic heterocycles. The van der Waals surface area contributed by atoms with Gasteiger partial charge < -0.3 is 8.98 Å². The Bertz CT molecular complexity index is 3530. The SMILES string of the molecule is c1ccc(-c2nc(-c3ccc4oc5cccc(-c6ccc7c(c6)c6ccccc6n7-c6ccccc6)c5c4c3)nc(-c3cccc4c3sc3ccccc34)n2)cc1. The molecule has 0 radical (unpaired) electrons. The van der Waals surface area contributed by atoms with Crippen LogP contribution in [-0.4, -0.2) is 19.5 Å². The average Bonchev–Trinajstić information content (AvgIpc) is 3.96. The van der Waals surface area contributed by atoms with E-state index in [2.05, 4.69) is 162 Å². The van der Waals surface area contributed by atoms with Gasteiger partial charge in [0.15, 0.2) is 17.5 Å². The van der Waals surface area contributed by atoms with Gasteiger partial charge >= 0.3 is 0 Å². The largest absolute Gasteiger partial charge is 0.456 e. The second kappa shape index (κ2) is 12.6. The summed E-state index contributed by atoms with van der Waals surface area (Å²) in [5, 5.41) is 6.95. The molecular weight excluding hydrogens is 717 g/mol. The number of benzene rings is 8. The van der Waals surface area contributed by atoms with E-state index < -0.39 is 0 Å². The van der Waals surface area contributed by atoms with Crippen molar-refractivity contribution in [1.29, 1.82) is 0 Å². The number of para-hydroxylation sites is 2. The molecule has 6 heteroatoms. The van der Waals surface area contributed by atoms with Crippen LogP contribution in [0.1, 0.15) is 0 Å². The first-order valence-electron chi connectivity index (χ1n) is 19.0. The fourth-order valence-corrected chi connectivity index (χ4v) is 9.68. The van der Waals surface area contributed by atoms with E-state index in [0.717, 1.165) is 55.4 Å². The van der Waals surface area contributed by atoms with Crippen LogP contribution in [0.25, 0.3) is 115 Å². The Kier molecular flexibility index (Phi) is 7.03. The minimum atomic E-state index is 0.612. The molecule has 0 saturated carbocycles. The van der Waals surface area contributed by atoms with E-state index in [9.17, 15) is 0 Å². The second-order valence-corrected chi connectivity index (χ2v) is 15.4. The van der Waals surface area contributed by atoms with E-state index in [-0.39, 0.29) is 0 Å². The number of rotatable bonds is 5. The van der Waals surface area contributed by atoms with Gasteiger partial charge in [-0.15, -0.1) is 11.3 Å².